The first-order valence-electron chi connectivity index (χ1n) is 22.0. The van der Waals surface area contributed by atoms with Crippen molar-refractivity contribution in [1.29, 1.82) is 0 Å². The molecule has 6 aromatic rings. The summed E-state index contributed by atoms with van der Waals surface area (Å²) in [5, 5.41) is 0. The zero-order valence-electron chi connectivity index (χ0n) is 38.5. The normalized spacial score (nSPS) is 16.7. The minimum atomic E-state index is -0.217. The average Bonchev–Trinajstić information content (AvgIpc) is 3.57. The lowest BCUT2D eigenvalue weighted by molar-refractivity contribution is 0.601. The molecule has 2 heteroatoms. The number of hydrogen-bond acceptors (Lipinski definition) is 2. The molecule has 0 spiro atoms. The highest BCUT2D eigenvalue weighted by Crippen LogP contribution is 2.61. The standard InChI is InChI=1S/C58H62N2/c1-33-15-19-43(25-37(33)5)59(44-20-16-34(2)38(6)26-44)47-29-41(9)53-49-23-24-50-54-42(10)30-48(32-52(54)58(13,14)56(50)55(49)57(11,12)51(53)31-47)60(45-21-17-35(3)39(7)27-45)46-22-18-36(4)40(8)28-46/h15-27,29-32,46H,28H2,1-14H3. The van der Waals surface area contributed by atoms with Gasteiger partial charge >= 0.3 is 0 Å². The van der Waals surface area contributed by atoms with Crippen molar-refractivity contribution < 1.29 is 0 Å². The van der Waals surface area contributed by atoms with Crippen molar-refractivity contribution in [2.45, 2.75) is 120 Å². The summed E-state index contributed by atoms with van der Waals surface area (Å²) >= 11 is 0. The summed E-state index contributed by atoms with van der Waals surface area (Å²) in [6.45, 7) is 32.4. The Labute approximate surface area is 360 Å². The van der Waals surface area contributed by atoms with Crippen LogP contribution < -0.4 is 9.80 Å². The molecule has 0 aliphatic heterocycles. The van der Waals surface area contributed by atoms with Gasteiger partial charge in [0.15, 0.2) is 0 Å². The second kappa shape index (κ2) is 14.0. The molecule has 0 radical (unpaired) electrons. The van der Waals surface area contributed by atoms with Gasteiger partial charge in [-0.1, -0.05) is 81.3 Å². The minimum Gasteiger partial charge on any atom is -0.334 e. The summed E-state index contributed by atoms with van der Waals surface area (Å²) in [6.07, 6.45) is 5.77. The second-order valence-corrected chi connectivity index (χ2v) is 19.6. The van der Waals surface area contributed by atoms with Crippen molar-refractivity contribution in [3.63, 3.8) is 0 Å². The van der Waals surface area contributed by atoms with Gasteiger partial charge in [-0.2, -0.15) is 0 Å². The first-order chi connectivity index (χ1) is 28.4. The Morgan fingerprint density at radius 2 is 0.850 bits per heavy atom. The van der Waals surface area contributed by atoms with Crippen LogP contribution in [-0.4, -0.2) is 6.04 Å². The first kappa shape index (κ1) is 39.8. The van der Waals surface area contributed by atoms with Crippen LogP contribution in [0.4, 0.5) is 28.4 Å². The number of fused-ring (bicyclic) bond motifs is 7. The van der Waals surface area contributed by atoms with Crippen LogP contribution in [0.5, 0.6) is 0 Å². The molecule has 0 amide bonds. The molecular weight excluding hydrogens is 725 g/mol. The van der Waals surface area contributed by atoms with Gasteiger partial charge in [0.1, 0.15) is 0 Å². The van der Waals surface area contributed by atoms with Crippen LogP contribution in [0, 0.1) is 55.4 Å². The smallest absolute Gasteiger partial charge is 0.0562 e. The summed E-state index contributed by atoms with van der Waals surface area (Å²) in [6, 6.07) is 35.9. The van der Waals surface area contributed by atoms with Gasteiger partial charge in [-0.15, -0.1) is 0 Å². The third kappa shape index (κ3) is 6.04. The number of aryl methyl sites for hydroxylation is 8. The molecule has 60 heavy (non-hydrogen) atoms. The largest absolute Gasteiger partial charge is 0.334 e. The van der Waals surface area contributed by atoms with Crippen molar-refractivity contribution in [3.8, 4) is 22.3 Å². The van der Waals surface area contributed by atoms with Crippen LogP contribution in [0.1, 0.15) is 115 Å². The van der Waals surface area contributed by atoms with Crippen LogP contribution in [0.2, 0.25) is 0 Å². The topological polar surface area (TPSA) is 6.48 Å². The molecule has 3 aliphatic rings. The SMILES string of the molecule is CC1=C(C)CC(N(c2ccc(C)c(C)c2)c2cc(C)c3c(c2)C(C)(C)c2c-3ccc3c2C(C)(C)c2cc(N(c4ccc(C)c(C)c4)c4ccc(C)c(C)c4)cc(C)c2-3)C=C1. The molecular formula is C58H62N2. The Morgan fingerprint density at radius 1 is 0.433 bits per heavy atom. The summed E-state index contributed by atoms with van der Waals surface area (Å²) < 4.78 is 0. The van der Waals surface area contributed by atoms with E-state index in [0.717, 1.165) is 6.42 Å². The van der Waals surface area contributed by atoms with Gasteiger partial charge in [0.25, 0.3) is 0 Å². The number of hydrogen-bond donors (Lipinski definition) is 0. The number of benzene rings is 6. The van der Waals surface area contributed by atoms with Crippen LogP contribution >= 0.6 is 0 Å². The fourth-order valence-electron chi connectivity index (χ4n) is 10.8. The van der Waals surface area contributed by atoms with Crippen molar-refractivity contribution in [3.05, 3.63) is 181 Å². The molecule has 3 aliphatic carbocycles. The van der Waals surface area contributed by atoms with Gasteiger partial charge in [0, 0.05) is 39.3 Å². The summed E-state index contributed by atoms with van der Waals surface area (Å²) in [7, 11) is 0. The maximum Gasteiger partial charge on any atom is 0.0562 e. The van der Waals surface area contributed by atoms with E-state index in [9.17, 15) is 0 Å². The molecule has 0 aromatic heterocycles. The maximum absolute atomic E-state index is 2.61. The predicted molar refractivity (Wildman–Crippen MR) is 259 cm³/mol. The Hall–Kier alpha value is -5.60. The van der Waals surface area contributed by atoms with E-state index in [1.807, 2.05) is 0 Å². The lowest BCUT2D eigenvalue weighted by atomic mass is 9.72. The van der Waals surface area contributed by atoms with Gasteiger partial charge in [-0.3, -0.25) is 0 Å². The first-order valence-corrected chi connectivity index (χ1v) is 22.0. The molecule has 0 heterocycles. The van der Waals surface area contributed by atoms with Crippen LogP contribution in [-0.2, 0) is 10.8 Å². The van der Waals surface area contributed by atoms with Gasteiger partial charge in [0.2, 0.25) is 0 Å². The zero-order valence-corrected chi connectivity index (χ0v) is 38.5. The molecule has 304 valence electrons. The Morgan fingerprint density at radius 3 is 1.32 bits per heavy atom. The molecule has 0 saturated carbocycles. The van der Waals surface area contributed by atoms with Crippen LogP contribution in [0.25, 0.3) is 22.3 Å². The van der Waals surface area contributed by atoms with Crippen molar-refractivity contribution in [1.82, 2.24) is 0 Å². The monoisotopic (exact) mass is 786 g/mol. The second-order valence-electron chi connectivity index (χ2n) is 19.6. The molecule has 2 nitrogen and oxygen atoms in total. The molecule has 9 rings (SSSR count). The Kier molecular flexibility index (Phi) is 9.28. The molecule has 6 aromatic carbocycles. The van der Waals surface area contributed by atoms with Crippen LogP contribution in [0.3, 0.4) is 0 Å². The van der Waals surface area contributed by atoms with E-state index in [4.69, 9.17) is 0 Å². The lowest BCUT2D eigenvalue weighted by Crippen LogP contribution is -2.31. The summed E-state index contributed by atoms with van der Waals surface area (Å²) in [4.78, 5) is 5.08. The number of nitrogens with zero attached hydrogens (tertiary/aromatic N) is 2. The highest BCUT2D eigenvalue weighted by atomic mass is 15.2. The van der Waals surface area contributed by atoms with Crippen molar-refractivity contribution in [2.24, 2.45) is 0 Å². The quantitative estimate of drug-likeness (QED) is 0.166. The number of rotatable bonds is 6. The summed E-state index contributed by atoms with van der Waals surface area (Å²) in [5.41, 5.74) is 30.5. The van der Waals surface area contributed by atoms with Crippen molar-refractivity contribution >= 4 is 28.4 Å². The Bertz CT molecular complexity index is 2800. The van der Waals surface area contributed by atoms with E-state index in [1.165, 1.54) is 129 Å². The molecule has 1 atom stereocenters. The van der Waals surface area contributed by atoms with E-state index in [1.54, 1.807) is 0 Å². The van der Waals surface area contributed by atoms with Gasteiger partial charge in [-0.25, -0.2) is 0 Å². The molecule has 0 saturated heterocycles. The molecule has 1 unspecified atom stereocenters. The van der Waals surface area contributed by atoms with E-state index in [0.29, 0.717) is 0 Å². The third-order valence-electron chi connectivity index (χ3n) is 14.9. The minimum absolute atomic E-state index is 0.207. The number of anilines is 5. The highest BCUT2D eigenvalue weighted by molar-refractivity contribution is 5.95. The van der Waals surface area contributed by atoms with Crippen LogP contribution in [0.15, 0.2) is 114 Å². The highest BCUT2D eigenvalue weighted by Gasteiger charge is 2.47. The Balaban J connectivity index is 1.19. The summed E-state index contributed by atoms with van der Waals surface area (Å²) in [5.74, 6) is 0. The van der Waals surface area contributed by atoms with Gasteiger partial charge in [0.05, 0.1) is 6.04 Å². The van der Waals surface area contributed by atoms with Gasteiger partial charge in [-0.05, 0) is 225 Å². The van der Waals surface area contributed by atoms with Gasteiger partial charge < -0.3 is 9.80 Å². The maximum atomic E-state index is 2.61. The molecule has 0 bridgehead atoms. The van der Waals surface area contributed by atoms with E-state index >= 15 is 0 Å². The fraction of sp³-hybridized carbons (Fsp3) is 0.310. The average molecular weight is 787 g/mol. The number of allylic oxidation sites excluding steroid dienone is 2. The zero-order chi connectivity index (χ0) is 42.7. The third-order valence-corrected chi connectivity index (χ3v) is 14.9. The lowest BCUT2D eigenvalue weighted by Gasteiger charge is -2.36. The molecule has 0 fully saturated rings. The predicted octanol–water partition coefficient (Wildman–Crippen LogP) is 16.0. The van der Waals surface area contributed by atoms with E-state index < -0.39 is 0 Å². The van der Waals surface area contributed by atoms with Crippen molar-refractivity contribution in [2.75, 3.05) is 9.80 Å². The van der Waals surface area contributed by atoms with E-state index in [-0.39, 0.29) is 16.9 Å². The molecule has 0 N–H and O–H groups in total. The fourth-order valence-corrected chi connectivity index (χ4v) is 10.8. The van der Waals surface area contributed by atoms with E-state index in [2.05, 4.69) is 210 Å².